The molecule has 0 amide bonds. The monoisotopic (exact) mass is 581 g/mol. The fraction of sp³-hybridized carbons (Fsp3) is 0. The molecule has 0 atom stereocenters. The number of aromatic nitrogens is 3. The van der Waals surface area contributed by atoms with Gasteiger partial charge in [0, 0.05) is 47.6 Å². The van der Waals surface area contributed by atoms with Crippen LogP contribution in [-0.2, 0) is 0 Å². The van der Waals surface area contributed by atoms with Crippen LogP contribution in [0, 0.1) is 0 Å². The van der Waals surface area contributed by atoms with Crippen molar-refractivity contribution in [3.63, 3.8) is 0 Å². The summed E-state index contributed by atoms with van der Waals surface area (Å²) in [5.41, 5.74) is 6.88. The van der Waals surface area contributed by atoms with Gasteiger partial charge in [0.1, 0.15) is 11.2 Å². The molecule has 9 aromatic rings. The minimum Gasteiger partial charge on any atom is -0.456 e. The molecule has 0 aliphatic heterocycles. The number of benzene rings is 6. The van der Waals surface area contributed by atoms with E-state index < -0.39 is 0 Å². The molecule has 206 valence electrons. The molecule has 0 saturated carbocycles. The lowest BCUT2D eigenvalue weighted by Gasteiger charge is -2.10. The minimum absolute atomic E-state index is 0.641. The van der Waals surface area contributed by atoms with Crippen LogP contribution in [0.15, 0.2) is 144 Å². The van der Waals surface area contributed by atoms with E-state index in [2.05, 4.69) is 84.9 Å². The van der Waals surface area contributed by atoms with Crippen molar-refractivity contribution >= 4 is 53.4 Å². The number of para-hydroxylation sites is 1. The Hall–Kier alpha value is -5.65. The average molecular weight is 582 g/mol. The third kappa shape index (κ3) is 4.09. The first-order valence-electron chi connectivity index (χ1n) is 14.5. The molecule has 0 bridgehead atoms. The van der Waals surface area contributed by atoms with E-state index >= 15 is 0 Å². The molecule has 0 saturated heterocycles. The first-order chi connectivity index (χ1) is 21.8. The van der Waals surface area contributed by atoms with Gasteiger partial charge in [0.2, 0.25) is 0 Å². The van der Waals surface area contributed by atoms with Crippen molar-refractivity contribution in [3.05, 3.63) is 140 Å². The molecule has 0 radical (unpaired) electrons. The first kappa shape index (κ1) is 24.9. The van der Waals surface area contributed by atoms with Crippen LogP contribution in [0.25, 0.3) is 87.4 Å². The summed E-state index contributed by atoms with van der Waals surface area (Å²) in [6.07, 6.45) is 0. The molecule has 0 spiro atoms. The second kappa shape index (κ2) is 9.97. The summed E-state index contributed by atoms with van der Waals surface area (Å²) in [6, 6.07) is 48.0. The Morgan fingerprint density at radius 2 is 1.00 bits per heavy atom. The van der Waals surface area contributed by atoms with Crippen LogP contribution in [0.1, 0.15) is 0 Å². The van der Waals surface area contributed by atoms with Gasteiger partial charge in [-0.2, -0.15) is 0 Å². The lowest BCUT2D eigenvalue weighted by Crippen LogP contribution is -2.00. The zero-order valence-corrected chi connectivity index (χ0v) is 24.3. The Kier molecular flexibility index (Phi) is 5.64. The highest BCUT2D eigenvalue weighted by Gasteiger charge is 2.16. The van der Waals surface area contributed by atoms with Gasteiger partial charge in [0.25, 0.3) is 0 Å². The van der Waals surface area contributed by atoms with E-state index in [1.165, 1.54) is 20.2 Å². The van der Waals surface area contributed by atoms with Crippen molar-refractivity contribution in [1.82, 2.24) is 15.0 Å². The number of thiophene rings is 1. The highest BCUT2D eigenvalue weighted by atomic mass is 32.1. The van der Waals surface area contributed by atoms with Gasteiger partial charge in [-0.25, -0.2) is 15.0 Å². The maximum atomic E-state index is 6.14. The Bertz CT molecular complexity index is 2490. The van der Waals surface area contributed by atoms with Crippen LogP contribution in [0.4, 0.5) is 0 Å². The average Bonchev–Trinajstić information content (AvgIpc) is 3.67. The van der Waals surface area contributed by atoms with Crippen LogP contribution < -0.4 is 0 Å². The van der Waals surface area contributed by atoms with Crippen molar-refractivity contribution in [1.29, 1.82) is 0 Å². The van der Waals surface area contributed by atoms with E-state index in [4.69, 9.17) is 19.4 Å². The summed E-state index contributed by atoms with van der Waals surface area (Å²) in [5, 5.41) is 4.72. The molecule has 5 heteroatoms. The van der Waals surface area contributed by atoms with E-state index in [1.54, 1.807) is 0 Å². The van der Waals surface area contributed by atoms with Gasteiger partial charge < -0.3 is 4.42 Å². The number of rotatable bonds is 4. The molecule has 44 heavy (non-hydrogen) atoms. The van der Waals surface area contributed by atoms with Gasteiger partial charge in [-0.05, 0) is 47.5 Å². The molecule has 0 aliphatic rings. The van der Waals surface area contributed by atoms with E-state index in [1.807, 2.05) is 65.9 Å². The van der Waals surface area contributed by atoms with Crippen LogP contribution in [0.3, 0.4) is 0 Å². The molecular weight excluding hydrogens is 559 g/mol. The molecule has 3 heterocycles. The van der Waals surface area contributed by atoms with E-state index in [-0.39, 0.29) is 0 Å². The highest BCUT2D eigenvalue weighted by Crippen LogP contribution is 2.38. The predicted octanol–water partition coefficient (Wildman–Crippen LogP) is 10.8. The van der Waals surface area contributed by atoms with Crippen LogP contribution >= 0.6 is 11.3 Å². The van der Waals surface area contributed by atoms with Gasteiger partial charge in [-0.1, -0.05) is 103 Å². The quantitative estimate of drug-likeness (QED) is 0.207. The molecule has 3 aromatic heterocycles. The van der Waals surface area contributed by atoms with Crippen molar-refractivity contribution in [2.24, 2.45) is 0 Å². The summed E-state index contributed by atoms with van der Waals surface area (Å²) in [4.78, 5) is 14.9. The summed E-state index contributed by atoms with van der Waals surface area (Å²) in [5.74, 6) is 1.95. The molecule has 4 nitrogen and oxygen atoms in total. The van der Waals surface area contributed by atoms with Gasteiger partial charge in [0.05, 0.1) is 0 Å². The Labute approximate surface area is 256 Å². The maximum absolute atomic E-state index is 6.14. The van der Waals surface area contributed by atoms with E-state index in [0.717, 1.165) is 49.8 Å². The van der Waals surface area contributed by atoms with Crippen LogP contribution in [0.2, 0.25) is 0 Å². The lowest BCUT2D eigenvalue weighted by molar-refractivity contribution is 0.669. The summed E-state index contributed by atoms with van der Waals surface area (Å²) >= 11 is 1.81. The van der Waals surface area contributed by atoms with Crippen molar-refractivity contribution in [2.75, 3.05) is 0 Å². The number of nitrogens with zero attached hydrogens (tertiary/aromatic N) is 3. The van der Waals surface area contributed by atoms with Gasteiger partial charge >= 0.3 is 0 Å². The van der Waals surface area contributed by atoms with Crippen LogP contribution in [0.5, 0.6) is 0 Å². The molecule has 0 N–H and O–H groups in total. The topological polar surface area (TPSA) is 51.8 Å². The molecule has 9 rings (SSSR count). The molecule has 0 aliphatic carbocycles. The fourth-order valence-corrected chi connectivity index (χ4v) is 7.12. The van der Waals surface area contributed by atoms with Crippen LogP contribution in [-0.4, -0.2) is 15.0 Å². The maximum Gasteiger partial charge on any atom is 0.164 e. The molecule has 6 aromatic carbocycles. The number of hydrogen-bond donors (Lipinski definition) is 0. The molecule has 0 fully saturated rings. The second-order valence-corrected chi connectivity index (χ2v) is 11.9. The Morgan fingerprint density at radius 1 is 0.409 bits per heavy atom. The first-order valence-corrected chi connectivity index (χ1v) is 15.3. The highest BCUT2D eigenvalue weighted by molar-refractivity contribution is 7.25. The van der Waals surface area contributed by atoms with E-state index in [9.17, 15) is 0 Å². The standard InChI is InChI=1S/C39H23N3OS/c1-2-9-25(10-3-1)37-40-38(42-39(41-37)27-21-22-35-31(23-27)29-11-5-7-16-34(29)44-35)26-19-17-24(18-20-26)28-13-8-15-33-36(28)30-12-4-6-14-32(30)43-33/h1-23H. The number of furan rings is 1. The van der Waals surface area contributed by atoms with Gasteiger partial charge in [-0.15, -0.1) is 11.3 Å². The predicted molar refractivity (Wildman–Crippen MR) is 182 cm³/mol. The fourth-order valence-electron chi connectivity index (χ4n) is 6.03. The molecule has 0 unspecified atom stereocenters. The SMILES string of the molecule is c1ccc(-c2nc(-c3ccc(-c4cccc5oc6ccccc6c45)cc3)nc(-c3ccc4sc5ccccc5c4c3)n2)cc1. The number of hydrogen-bond acceptors (Lipinski definition) is 5. The largest absolute Gasteiger partial charge is 0.456 e. The van der Waals surface area contributed by atoms with Gasteiger partial charge in [0.15, 0.2) is 17.5 Å². The van der Waals surface area contributed by atoms with Crippen molar-refractivity contribution in [2.45, 2.75) is 0 Å². The normalized spacial score (nSPS) is 11.6. The zero-order chi connectivity index (χ0) is 29.0. The third-order valence-corrected chi connectivity index (χ3v) is 9.31. The van der Waals surface area contributed by atoms with Crippen molar-refractivity contribution in [3.8, 4) is 45.3 Å². The summed E-state index contributed by atoms with van der Waals surface area (Å²) in [7, 11) is 0. The number of fused-ring (bicyclic) bond motifs is 6. The minimum atomic E-state index is 0.641. The van der Waals surface area contributed by atoms with E-state index in [0.29, 0.717) is 17.5 Å². The second-order valence-electron chi connectivity index (χ2n) is 10.8. The Morgan fingerprint density at radius 3 is 1.82 bits per heavy atom. The van der Waals surface area contributed by atoms with Gasteiger partial charge in [-0.3, -0.25) is 0 Å². The third-order valence-electron chi connectivity index (χ3n) is 8.16. The lowest BCUT2D eigenvalue weighted by atomic mass is 9.98. The smallest absolute Gasteiger partial charge is 0.164 e. The summed E-state index contributed by atoms with van der Waals surface area (Å²) in [6.45, 7) is 0. The van der Waals surface area contributed by atoms with Crippen molar-refractivity contribution < 1.29 is 4.42 Å². The molecular formula is C39H23N3OS. The summed E-state index contributed by atoms with van der Waals surface area (Å²) < 4.78 is 8.67. The zero-order valence-electron chi connectivity index (χ0n) is 23.4. The Balaban J connectivity index is 1.18.